The molecular weight excluding hydrogens is 272 g/mol. The third kappa shape index (κ3) is 2.78. The van der Waals surface area contributed by atoms with Gasteiger partial charge in [0.05, 0.1) is 18.9 Å². The van der Waals surface area contributed by atoms with Crippen molar-refractivity contribution < 1.29 is 9.53 Å². The first-order chi connectivity index (χ1) is 10.3. The van der Waals surface area contributed by atoms with Crippen LogP contribution in [0.1, 0.15) is 10.4 Å². The van der Waals surface area contributed by atoms with Crippen molar-refractivity contribution in [2.24, 2.45) is 0 Å². The lowest BCUT2D eigenvalue weighted by molar-refractivity contribution is 0.0746. The summed E-state index contributed by atoms with van der Waals surface area (Å²) >= 11 is 0. The lowest BCUT2D eigenvalue weighted by Crippen LogP contribution is -2.49. The van der Waals surface area contributed by atoms with Crippen molar-refractivity contribution in [1.82, 2.24) is 25.1 Å². The Morgan fingerprint density at radius 2 is 2.14 bits per heavy atom. The van der Waals surface area contributed by atoms with E-state index in [4.69, 9.17) is 4.74 Å². The van der Waals surface area contributed by atoms with Crippen LogP contribution in [0, 0.1) is 0 Å². The Balaban J connectivity index is 1.63. The number of rotatable bonds is 3. The van der Waals surface area contributed by atoms with Gasteiger partial charge in [-0.25, -0.2) is 4.98 Å². The summed E-state index contributed by atoms with van der Waals surface area (Å²) in [4.78, 5) is 24.6. The fourth-order valence-corrected chi connectivity index (χ4v) is 2.26. The molecule has 1 amide bonds. The second-order valence-corrected chi connectivity index (χ2v) is 4.67. The summed E-state index contributed by atoms with van der Waals surface area (Å²) in [6.45, 7) is 2.64. The molecule has 0 atom stereocenters. The highest BCUT2D eigenvalue weighted by Crippen LogP contribution is 2.15. The van der Waals surface area contributed by atoms with Crippen LogP contribution in [0.2, 0.25) is 0 Å². The largest absolute Gasteiger partial charge is 0.481 e. The average molecular weight is 288 g/mol. The molecule has 1 aliphatic heterocycles. The molecule has 110 valence electrons. The molecule has 0 spiro atoms. The topological polar surface area (TPSA) is 87.2 Å². The monoisotopic (exact) mass is 288 g/mol. The number of nitrogens with zero attached hydrogens (tertiary/aromatic N) is 5. The Morgan fingerprint density at radius 3 is 2.81 bits per heavy atom. The van der Waals surface area contributed by atoms with Crippen LogP contribution < -0.4 is 9.64 Å². The van der Waals surface area contributed by atoms with Crippen LogP contribution in [0.4, 0.5) is 5.95 Å². The summed E-state index contributed by atoms with van der Waals surface area (Å²) in [5, 5.41) is 6.46. The minimum absolute atomic E-state index is 0.00467. The van der Waals surface area contributed by atoms with Gasteiger partial charge >= 0.3 is 0 Å². The number of carbonyl (C=O) groups is 1. The molecule has 0 radical (unpaired) electrons. The normalized spacial score (nSPS) is 15.1. The molecule has 0 aliphatic carbocycles. The van der Waals surface area contributed by atoms with Crippen LogP contribution in [0.25, 0.3) is 0 Å². The van der Waals surface area contributed by atoms with E-state index in [-0.39, 0.29) is 5.91 Å². The van der Waals surface area contributed by atoms with Gasteiger partial charge < -0.3 is 14.5 Å². The minimum Gasteiger partial charge on any atom is -0.481 e. The van der Waals surface area contributed by atoms with Gasteiger partial charge in [0, 0.05) is 44.6 Å². The number of methoxy groups -OCH3 is 1. The Bertz CT molecular complexity index is 607. The summed E-state index contributed by atoms with van der Waals surface area (Å²) in [5.74, 6) is 1.16. The third-order valence-electron chi connectivity index (χ3n) is 3.42. The van der Waals surface area contributed by atoms with Crippen LogP contribution in [0.3, 0.4) is 0 Å². The Hall–Kier alpha value is -2.64. The van der Waals surface area contributed by atoms with E-state index in [0.29, 0.717) is 43.6 Å². The lowest BCUT2D eigenvalue weighted by Gasteiger charge is -2.34. The van der Waals surface area contributed by atoms with Crippen molar-refractivity contribution in [3.63, 3.8) is 0 Å². The molecule has 3 rings (SSSR count). The molecule has 0 saturated carbocycles. The predicted molar refractivity (Wildman–Crippen MR) is 75.3 cm³/mol. The Labute approximate surface area is 121 Å². The number of amides is 1. The molecule has 1 N–H and O–H groups in total. The highest BCUT2D eigenvalue weighted by Gasteiger charge is 2.24. The quantitative estimate of drug-likeness (QED) is 0.866. The van der Waals surface area contributed by atoms with Gasteiger partial charge in [0.2, 0.25) is 11.8 Å². The van der Waals surface area contributed by atoms with Crippen LogP contribution in [0.5, 0.6) is 5.88 Å². The number of carbonyl (C=O) groups excluding carboxylic acids is 1. The van der Waals surface area contributed by atoms with Gasteiger partial charge in [0.1, 0.15) is 0 Å². The van der Waals surface area contributed by atoms with E-state index in [1.165, 1.54) is 0 Å². The molecular formula is C13H16N6O2. The highest BCUT2D eigenvalue weighted by atomic mass is 16.5. The summed E-state index contributed by atoms with van der Waals surface area (Å²) < 4.78 is 5.10. The number of ether oxygens (including phenoxy) is 1. The first-order valence-corrected chi connectivity index (χ1v) is 6.68. The van der Waals surface area contributed by atoms with Gasteiger partial charge in [-0.3, -0.25) is 9.89 Å². The number of anilines is 1. The Morgan fingerprint density at radius 1 is 1.33 bits per heavy atom. The average Bonchev–Trinajstić information content (AvgIpc) is 3.09. The van der Waals surface area contributed by atoms with Crippen LogP contribution in [0.15, 0.2) is 24.7 Å². The zero-order valence-electron chi connectivity index (χ0n) is 11.7. The fourth-order valence-electron chi connectivity index (χ4n) is 2.26. The van der Waals surface area contributed by atoms with Gasteiger partial charge in [0.25, 0.3) is 5.91 Å². The van der Waals surface area contributed by atoms with Crippen molar-refractivity contribution >= 4 is 11.9 Å². The fraction of sp³-hybridized carbons (Fsp3) is 0.385. The zero-order valence-corrected chi connectivity index (χ0v) is 11.7. The number of hydrogen-bond acceptors (Lipinski definition) is 6. The SMILES string of the molecule is COc1ccnc(N2CCN(C(=O)c3cn[nH]c3)CC2)n1. The highest BCUT2D eigenvalue weighted by molar-refractivity contribution is 5.93. The van der Waals surface area contributed by atoms with E-state index in [9.17, 15) is 4.79 Å². The van der Waals surface area contributed by atoms with Crippen molar-refractivity contribution in [3.05, 3.63) is 30.2 Å². The molecule has 0 aromatic carbocycles. The maximum atomic E-state index is 12.2. The molecule has 1 saturated heterocycles. The van der Waals surface area contributed by atoms with Crippen LogP contribution in [-0.2, 0) is 0 Å². The van der Waals surface area contributed by atoms with Gasteiger partial charge in [-0.1, -0.05) is 0 Å². The second kappa shape index (κ2) is 5.78. The number of H-pyrrole nitrogens is 1. The molecule has 1 fully saturated rings. The molecule has 8 heteroatoms. The van der Waals surface area contributed by atoms with Gasteiger partial charge in [-0.2, -0.15) is 10.1 Å². The van der Waals surface area contributed by atoms with Gasteiger partial charge in [-0.05, 0) is 0 Å². The van der Waals surface area contributed by atoms with E-state index in [2.05, 4.69) is 20.2 Å². The first kappa shape index (κ1) is 13.3. The molecule has 1 aliphatic rings. The van der Waals surface area contributed by atoms with E-state index in [1.807, 2.05) is 9.80 Å². The van der Waals surface area contributed by atoms with Gasteiger partial charge in [-0.15, -0.1) is 0 Å². The van der Waals surface area contributed by atoms with Crippen molar-refractivity contribution in [3.8, 4) is 5.88 Å². The molecule has 2 aromatic heterocycles. The summed E-state index contributed by atoms with van der Waals surface area (Å²) in [7, 11) is 1.58. The van der Waals surface area contributed by atoms with Crippen molar-refractivity contribution in [1.29, 1.82) is 0 Å². The number of aromatic nitrogens is 4. The number of piperazine rings is 1. The number of aromatic amines is 1. The minimum atomic E-state index is -0.00467. The standard InChI is InChI=1S/C13H16N6O2/c1-21-11-2-3-14-13(17-11)19-6-4-18(5-7-19)12(20)10-8-15-16-9-10/h2-3,8-9H,4-7H2,1H3,(H,15,16). The summed E-state index contributed by atoms with van der Waals surface area (Å²) in [6.07, 6.45) is 4.82. The van der Waals surface area contributed by atoms with E-state index < -0.39 is 0 Å². The number of hydrogen-bond donors (Lipinski definition) is 1. The molecule has 8 nitrogen and oxygen atoms in total. The van der Waals surface area contributed by atoms with E-state index >= 15 is 0 Å². The zero-order chi connectivity index (χ0) is 14.7. The maximum Gasteiger partial charge on any atom is 0.257 e. The molecule has 0 bridgehead atoms. The molecule has 3 heterocycles. The van der Waals surface area contributed by atoms with Gasteiger partial charge in [0.15, 0.2) is 0 Å². The van der Waals surface area contributed by atoms with Crippen molar-refractivity contribution in [2.45, 2.75) is 0 Å². The predicted octanol–water partition coefficient (Wildman–Crippen LogP) is 0.171. The molecule has 21 heavy (non-hydrogen) atoms. The van der Waals surface area contributed by atoms with Crippen LogP contribution in [-0.4, -0.2) is 64.3 Å². The summed E-state index contributed by atoms with van der Waals surface area (Å²) in [6, 6.07) is 1.71. The Kier molecular flexibility index (Phi) is 3.67. The van der Waals surface area contributed by atoms with E-state index in [0.717, 1.165) is 0 Å². The number of nitrogens with one attached hydrogen (secondary N) is 1. The second-order valence-electron chi connectivity index (χ2n) is 4.67. The molecule has 2 aromatic rings. The maximum absolute atomic E-state index is 12.2. The summed E-state index contributed by atoms with van der Waals surface area (Å²) in [5.41, 5.74) is 0.584. The lowest BCUT2D eigenvalue weighted by atomic mass is 10.2. The smallest absolute Gasteiger partial charge is 0.257 e. The van der Waals surface area contributed by atoms with Crippen LogP contribution >= 0.6 is 0 Å². The van der Waals surface area contributed by atoms with E-state index in [1.54, 1.807) is 31.8 Å². The third-order valence-corrected chi connectivity index (χ3v) is 3.42. The first-order valence-electron chi connectivity index (χ1n) is 6.68. The van der Waals surface area contributed by atoms with Crippen molar-refractivity contribution in [2.75, 3.05) is 38.2 Å². The molecule has 0 unspecified atom stereocenters.